The molecule has 4 heteroatoms. The molecule has 2 rings (SSSR count). The molecule has 1 amide bonds. The van der Waals surface area contributed by atoms with Crippen molar-refractivity contribution in [3.05, 3.63) is 45.3 Å². The van der Waals surface area contributed by atoms with Gasteiger partial charge >= 0.3 is 5.63 Å². The fourth-order valence-electron chi connectivity index (χ4n) is 2.88. The largest absolute Gasteiger partial charge is 0.423 e. The van der Waals surface area contributed by atoms with Crippen molar-refractivity contribution in [2.24, 2.45) is 0 Å². The van der Waals surface area contributed by atoms with Crippen molar-refractivity contribution in [1.29, 1.82) is 0 Å². The van der Waals surface area contributed by atoms with Crippen LogP contribution in [0, 0.1) is 13.8 Å². The number of hydrogen-bond donors (Lipinski definition) is 1. The predicted molar refractivity (Wildman–Crippen MR) is 92.8 cm³/mol. The first kappa shape index (κ1) is 17.3. The Balaban J connectivity index is 2.16. The van der Waals surface area contributed by atoms with E-state index in [2.05, 4.69) is 12.2 Å². The number of fused-ring (bicyclic) bond motifs is 1. The van der Waals surface area contributed by atoms with Gasteiger partial charge in [-0.2, -0.15) is 0 Å². The summed E-state index contributed by atoms with van der Waals surface area (Å²) in [6.07, 6.45) is 2.70. The van der Waals surface area contributed by atoms with Crippen LogP contribution in [-0.4, -0.2) is 11.9 Å². The van der Waals surface area contributed by atoms with Gasteiger partial charge in [0.2, 0.25) is 5.91 Å². The third kappa shape index (κ3) is 4.21. The molecule has 1 unspecified atom stereocenters. The van der Waals surface area contributed by atoms with E-state index < -0.39 is 0 Å². The average molecular weight is 315 g/mol. The van der Waals surface area contributed by atoms with Gasteiger partial charge in [-0.1, -0.05) is 25.5 Å². The Bertz CT molecular complexity index is 761. The molecule has 0 aliphatic rings. The second-order valence-corrected chi connectivity index (χ2v) is 6.25. The number of rotatable bonds is 6. The number of aryl methyl sites for hydroxylation is 2. The van der Waals surface area contributed by atoms with E-state index in [4.69, 9.17) is 4.42 Å². The highest BCUT2D eigenvalue weighted by molar-refractivity contribution is 5.82. The molecule has 2 aromatic rings. The molecule has 124 valence electrons. The van der Waals surface area contributed by atoms with Crippen molar-refractivity contribution < 1.29 is 9.21 Å². The molecular formula is C19H25NO3. The van der Waals surface area contributed by atoms with E-state index in [1.807, 2.05) is 39.0 Å². The first-order chi connectivity index (χ1) is 10.9. The Kier molecular flexibility index (Phi) is 5.59. The number of amides is 1. The molecule has 0 radical (unpaired) electrons. The van der Waals surface area contributed by atoms with Crippen LogP contribution >= 0.6 is 0 Å². The van der Waals surface area contributed by atoms with Gasteiger partial charge in [0, 0.05) is 23.4 Å². The Morgan fingerprint density at radius 1 is 1.30 bits per heavy atom. The molecule has 1 aromatic heterocycles. The van der Waals surface area contributed by atoms with Crippen LogP contribution in [0.1, 0.15) is 49.8 Å². The zero-order valence-electron chi connectivity index (χ0n) is 14.4. The maximum Gasteiger partial charge on any atom is 0.339 e. The first-order valence-electron chi connectivity index (χ1n) is 8.24. The number of benzene rings is 1. The summed E-state index contributed by atoms with van der Waals surface area (Å²) in [6.45, 7) is 7.97. The van der Waals surface area contributed by atoms with Gasteiger partial charge in [0.15, 0.2) is 0 Å². The van der Waals surface area contributed by atoms with Crippen molar-refractivity contribution in [1.82, 2.24) is 5.32 Å². The minimum Gasteiger partial charge on any atom is -0.423 e. The molecule has 1 aromatic carbocycles. The van der Waals surface area contributed by atoms with Gasteiger partial charge in [-0.05, 0) is 50.8 Å². The van der Waals surface area contributed by atoms with Gasteiger partial charge in [0.25, 0.3) is 0 Å². The van der Waals surface area contributed by atoms with Gasteiger partial charge in [-0.3, -0.25) is 4.79 Å². The summed E-state index contributed by atoms with van der Waals surface area (Å²) < 4.78 is 5.42. The first-order valence-corrected chi connectivity index (χ1v) is 8.24. The normalized spacial score (nSPS) is 12.3. The summed E-state index contributed by atoms with van der Waals surface area (Å²) in [6, 6.07) is 6.00. The minimum atomic E-state index is -0.338. The Labute approximate surface area is 136 Å². The highest BCUT2D eigenvalue weighted by Gasteiger charge is 2.14. The molecule has 23 heavy (non-hydrogen) atoms. The number of carbonyl (C=O) groups is 1. The zero-order chi connectivity index (χ0) is 17.0. The quantitative estimate of drug-likeness (QED) is 0.828. The molecule has 1 heterocycles. The standard InChI is InChI=1S/C19H25NO3/c1-5-6-13(3)20-18(21)10-9-16-14(4)15-8-7-12(2)11-17(15)23-19(16)22/h7-8,11,13H,5-6,9-10H2,1-4H3,(H,20,21). The summed E-state index contributed by atoms with van der Waals surface area (Å²) in [5, 5.41) is 3.90. The van der Waals surface area contributed by atoms with Crippen LogP contribution in [0.4, 0.5) is 0 Å². The van der Waals surface area contributed by atoms with Crippen LogP contribution in [0.5, 0.6) is 0 Å². The van der Waals surface area contributed by atoms with Gasteiger partial charge in [-0.15, -0.1) is 0 Å². The van der Waals surface area contributed by atoms with Crippen LogP contribution in [0.2, 0.25) is 0 Å². The van der Waals surface area contributed by atoms with E-state index in [0.29, 0.717) is 24.0 Å². The molecule has 4 nitrogen and oxygen atoms in total. The van der Waals surface area contributed by atoms with Crippen LogP contribution in [0.25, 0.3) is 11.0 Å². The highest BCUT2D eigenvalue weighted by Crippen LogP contribution is 2.21. The minimum absolute atomic E-state index is 0.0197. The Morgan fingerprint density at radius 3 is 2.74 bits per heavy atom. The van der Waals surface area contributed by atoms with Crippen molar-refractivity contribution in [2.45, 2.75) is 59.4 Å². The highest BCUT2D eigenvalue weighted by atomic mass is 16.4. The van der Waals surface area contributed by atoms with Crippen molar-refractivity contribution >= 4 is 16.9 Å². The molecule has 1 N–H and O–H groups in total. The SMILES string of the molecule is CCCC(C)NC(=O)CCc1c(C)c2ccc(C)cc2oc1=O. The zero-order valence-corrected chi connectivity index (χ0v) is 14.4. The van der Waals surface area contributed by atoms with Crippen molar-refractivity contribution in [3.8, 4) is 0 Å². The molecule has 0 aliphatic heterocycles. The smallest absolute Gasteiger partial charge is 0.339 e. The van der Waals surface area contributed by atoms with E-state index in [-0.39, 0.29) is 17.6 Å². The van der Waals surface area contributed by atoms with Crippen LogP contribution in [-0.2, 0) is 11.2 Å². The molecule has 0 bridgehead atoms. The summed E-state index contributed by atoms with van der Waals surface area (Å²) in [5.41, 5.74) is 2.83. The lowest BCUT2D eigenvalue weighted by Gasteiger charge is -2.13. The van der Waals surface area contributed by atoms with Crippen molar-refractivity contribution in [3.63, 3.8) is 0 Å². The van der Waals surface area contributed by atoms with E-state index in [0.717, 1.165) is 29.4 Å². The molecule has 0 fully saturated rings. The number of nitrogens with one attached hydrogen (secondary N) is 1. The lowest BCUT2D eigenvalue weighted by atomic mass is 10.0. The third-order valence-corrected chi connectivity index (χ3v) is 4.17. The summed E-state index contributed by atoms with van der Waals surface area (Å²) in [7, 11) is 0. The fourth-order valence-corrected chi connectivity index (χ4v) is 2.88. The molecular weight excluding hydrogens is 290 g/mol. The molecule has 0 aliphatic carbocycles. The summed E-state index contributed by atoms with van der Waals surface area (Å²) >= 11 is 0. The van der Waals surface area contributed by atoms with E-state index >= 15 is 0 Å². The van der Waals surface area contributed by atoms with E-state index in [9.17, 15) is 9.59 Å². The van der Waals surface area contributed by atoms with Crippen LogP contribution in [0.3, 0.4) is 0 Å². The lowest BCUT2D eigenvalue weighted by molar-refractivity contribution is -0.121. The van der Waals surface area contributed by atoms with Crippen LogP contribution in [0.15, 0.2) is 27.4 Å². The average Bonchev–Trinajstić information content (AvgIpc) is 2.46. The Hall–Kier alpha value is -2.10. The van der Waals surface area contributed by atoms with Gasteiger partial charge < -0.3 is 9.73 Å². The van der Waals surface area contributed by atoms with Gasteiger partial charge in [-0.25, -0.2) is 4.79 Å². The monoisotopic (exact) mass is 315 g/mol. The maximum absolute atomic E-state index is 12.2. The Morgan fingerprint density at radius 2 is 2.04 bits per heavy atom. The van der Waals surface area contributed by atoms with Crippen LogP contribution < -0.4 is 10.9 Å². The summed E-state index contributed by atoms with van der Waals surface area (Å²) in [5.74, 6) is -0.0197. The maximum atomic E-state index is 12.2. The van der Waals surface area contributed by atoms with Gasteiger partial charge in [0.05, 0.1) is 0 Å². The number of hydrogen-bond acceptors (Lipinski definition) is 3. The second-order valence-electron chi connectivity index (χ2n) is 6.25. The third-order valence-electron chi connectivity index (χ3n) is 4.17. The molecule has 0 saturated heterocycles. The van der Waals surface area contributed by atoms with E-state index in [1.165, 1.54) is 0 Å². The van der Waals surface area contributed by atoms with Gasteiger partial charge in [0.1, 0.15) is 5.58 Å². The molecule has 0 spiro atoms. The fraction of sp³-hybridized carbons (Fsp3) is 0.474. The lowest BCUT2D eigenvalue weighted by Crippen LogP contribution is -2.32. The second kappa shape index (κ2) is 7.44. The number of carbonyl (C=O) groups excluding carboxylic acids is 1. The molecule has 0 saturated carbocycles. The molecule has 1 atom stereocenters. The van der Waals surface area contributed by atoms with E-state index in [1.54, 1.807) is 0 Å². The van der Waals surface area contributed by atoms with Crippen molar-refractivity contribution in [2.75, 3.05) is 0 Å². The summed E-state index contributed by atoms with van der Waals surface area (Å²) in [4.78, 5) is 24.2. The predicted octanol–water partition coefficient (Wildman–Crippen LogP) is 3.65. The topological polar surface area (TPSA) is 59.3 Å².